The van der Waals surface area contributed by atoms with Gasteiger partial charge in [0.2, 0.25) is 0 Å². The molecule has 0 bridgehead atoms. The van der Waals surface area contributed by atoms with E-state index in [2.05, 4.69) is 20.9 Å². The lowest BCUT2D eigenvalue weighted by Crippen LogP contribution is -2.21. The molecule has 2 aromatic heterocycles. The van der Waals surface area contributed by atoms with Crippen LogP contribution in [-0.4, -0.2) is 14.7 Å². The Morgan fingerprint density at radius 1 is 1.27 bits per heavy atom. The Balaban J connectivity index is 2.61. The lowest BCUT2D eigenvalue weighted by atomic mass is 9.96. The van der Waals surface area contributed by atoms with Crippen molar-refractivity contribution < 1.29 is 5.11 Å². The van der Waals surface area contributed by atoms with Gasteiger partial charge in [-0.15, -0.1) is 0 Å². The lowest BCUT2D eigenvalue weighted by Gasteiger charge is -2.17. The van der Waals surface area contributed by atoms with Crippen LogP contribution in [0.25, 0.3) is 22.0 Å². The van der Waals surface area contributed by atoms with Crippen LogP contribution in [0.2, 0.25) is 0 Å². The van der Waals surface area contributed by atoms with E-state index in [1.807, 2.05) is 32.0 Å². The van der Waals surface area contributed by atoms with Gasteiger partial charge < -0.3 is 9.67 Å². The van der Waals surface area contributed by atoms with Gasteiger partial charge in [-0.3, -0.25) is 9.78 Å². The van der Waals surface area contributed by atoms with Crippen LogP contribution in [0.3, 0.4) is 0 Å². The molecule has 0 fully saturated rings. The molecular formula is C17H15BrN2O2. The lowest BCUT2D eigenvalue weighted by molar-refractivity contribution is 0.468. The fraction of sp³-hybridized carbons (Fsp3) is 0.176. The third-order valence-electron chi connectivity index (χ3n) is 4.02. The molecule has 3 aromatic rings. The number of pyridine rings is 2. The number of nitrogens with zero attached hydrogens (tertiary/aromatic N) is 2. The molecule has 4 nitrogen and oxygen atoms in total. The number of benzene rings is 1. The van der Waals surface area contributed by atoms with Crippen LogP contribution >= 0.6 is 15.9 Å². The second-order valence-corrected chi connectivity index (χ2v) is 6.19. The molecule has 2 heterocycles. The molecule has 0 unspecified atom stereocenters. The molecule has 5 heteroatoms. The molecule has 0 aliphatic heterocycles. The molecule has 0 radical (unpaired) electrons. The van der Waals surface area contributed by atoms with Crippen molar-refractivity contribution in [3.05, 3.63) is 56.5 Å². The van der Waals surface area contributed by atoms with Crippen molar-refractivity contribution in [3.63, 3.8) is 0 Å². The molecule has 1 N–H and O–H groups in total. The minimum absolute atomic E-state index is 0.0730. The van der Waals surface area contributed by atoms with Crippen LogP contribution in [0.5, 0.6) is 5.75 Å². The molecule has 0 aliphatic rings. The van der Waals surface area contributed by atoms with Crippen molar-refractivity contribution in [3.8, 4) is 16.9 Å². The van der Waals surface area contributed by atoms with Crippen LogP contribution in [0, 0.1) is 13.8 Å². The summed E-state index contributed by atoms with van der Waals surface area (Å²) in [6.45, 7) is 3.63. The first-order valence-corrected chi connectivity index (χ1v) is 7.64. The first kappa shape index (κ1) is 14.8. The summed E-state index contributed by atoms with van der Waals surface area (Å²) < 4.78 is 2.20. The monoisotopic (exact) mass is 358 g/mol. The summed E-state index contributed by atoms with van der Waals surface area (Å²) in [5.74, 6) is 0.156. The number of aromatic hydroxyl groups is 1. The Bertz CT molecular complexity index is 947. The van der Waals surface area contributed by atoms with Gasteiger partial charge in [0.25, 0.3) is 5.56 Å². The van der Waals surface area contributed by atoms with Crippen LogP contribution in [0.4, 0.5) is 0 Å². The number of hydrogen-bond acceptors (Lipinski definition) is 3. The second kappa shape index (κ2) is 5.25. The number of hydrogen-bond donors (Lipinski definition) is 1. The van der Waals surface area contributed by atoms with Crippen molar-refractivity contribution in [2.24, 2.45) is 7.05 Å². The highest BCUT2D eigenvalue weighted by atomic mass is 79.9. The summed E-state index contributed by atoms with van der Waals surface area (Å²) in [7, 11) is 1.73. The normalized spacial score (nSPS) is 11.1. The predicted octanol–water partition coefficient (Wildman–Crippen LogP) is 3.69. The van der Waals surface area contributed by atoms with Crippen LogP contribution in [-0.2, 0) is 7.05 Å². The van der Waals surface area contributed by atoms with Gasteiger partial charge in [-0.1, -0.05) is 6.07 Å². The zero-order valence-corrected chi connectivity index (χ0v) is 14.1. The number of phenolic OH excluding ortho intramolecular Hbond substituents is 1. The molecule has 0 aliphatic carbocycles. The molecule has 3 rings (SSSR count). The van der Waals surface area contributed by atoms with Gasteiger partial charge in [0, 0.05) is 47.1 Å². The van der Waals surface area contributed by atoms with Crippen LogP contribution in [0.15, 0.2) is 39.9 Å². The first-order chi connectivity index (χ1) is 10.4. The summed E-state index contributed by atoms with van der Waals surface area (Å²) in [6, 6.07) is 5.64. The van der Waals surface area contributed by atoms with Crippen molar-refractivity contribution >= 4 is 26.8 Å². The molecule has 0 amide bonds. The average molecular weight is 359 g/mol. The molecule has 1 aromatic carbocycles. The number of fused-ring (bicyclic) bond motifs is 1. The molecule has 0 atom stereocenters. The second-order valence-electron chi connectivity index (χ2n) is 5.33. The molecule has 0 spiro atoms. The highest BCUT2D eigenvalue weighted by molar-refractivity contribution is 9.10. The summed E-state index contributed by atoms with van der Waals surface area (Å²) in [5, 5.41) is 11.1. The number of phenols is 1. The van der Waals surface area contributed by atoms with E-state index in [9.17, 15) is 9.90 Å². The minimum atomic E-state index is -0.0730. The van der Waals surface area contributed by atoms with E-state index in [0.717, 1.165) is 22.0 Å². The van der Waals surface area contributed by atoms with Gasteiger partial charge in [-0.05, 0) is 41.9 Å². The van der Waals surface area contributed by atoms with E-state index in [1.165, 1.54) is 0 Å². The number of aromatic nitrogens is 2. The van der Waals surface area contributed by atoms with Crippen molar-refractivity contribution in [2.75, 3.05) is 0 Å². The fourth-order valence-corrected chi connectivity index (χ4v) is 3.45. The molecule has 22 heavy (non-hydrogen) atoms. The maximum Gasteiger partial charge on any atom is 0.254 e. The number of aryl methyl sites for hydroxylation is 2. The number of halogens is 1. The summed E-state index contributed by atoms with van der Waals surface area (Å²) in [5.41, 5.74) is 3.75. The molecule has 0 saturated heterocycles. The van der Waals surface area contributed by atoms with Crippen molar-refractivity contribution in [1.82, 2.24) is 9.55 Å². The largest absolute Gasteiger partial charge is 0.506 e. The fourth-order valence-electron chi connectivity index (χ4n) is 2.92. The Labute approximate surface area is 136 Å². The summed E-state index contributed by atoms with van der Waals surface area (Å²) >= 11 is 3.39. The minimum Gasteiger partial charge on any atom is -0.506 e. The van der Waals surface area contributed by atoms with Gasteiger partial charge in [-0.25, -0.2) is 0 Å². The van der Waals surface area contributed by atoms with Crippen molar-refractivity contribution in [1.29, 1.82) is 0 Å². The Morgan fingerprint density at radius 3 is 2.64 bits per heavy atom. The third kappa shape index (κ3) is 2.04. The number of rotatable bonds is 1. The standard InChI is InChI=1S/C17H15BrN2O2/c1-9-14(11-5-4-6-19-8-11)12-7-13(18)16(21)10(2)15(12)20(3)17(9)22/h4-8,21H,1-3H3. The van der Waals surface area contributed by atoms with E-state index in [1.54, 1.807) is 24.0 Å². The molecule has 0 saturated carbocycles. The van der Waals surface area contributed by atoms with E-state index in [-0.39, 0.29) is 11.3 Å². The SMILES string of the molecule is Cc1c(-c2cccnc2)c2cc(Br)c(O)c(C)c2n(C)c1=O. The zero-order chi connectivity index (χ0) is 16.0. The Hall–Kier alpha value is -2.14. The Kier molecular flexibility index (Phi) is 3.53. The summed E-state index contributed by atoms with van der Waals surface area (Å²) in [4.78, 5) is 16.7. The van der Waals surface area contributed by atoms with E-state index in [0.29, 0.717) is 15.6 Å². The van der Waals surface area contributed by atoms with Gasteiger partial charge in [-0.2, -0.15) is 0 Å². The van der Waals surface area contributed by atoms with Crippen LogP contribution < -0.4 is 5.56 Å². The quantitative estimate of drug-likeness (QED) is 0.721. The zero-order valence-electron chi connectivity index (χ0n) is 12.5. The van der Waals surface area contributed by atoms with Gasteiger partial charge in [0.1, 0.15) is 5.75 Å². The van der Waals surface area contributed by atoms with E-state index in [4.69, 9.17) is 0 Å². The van der Waals surface area contributed by atoms with E-state index >= 15 is 0 Å². The molecule has 112 valence electrons. The average Bonchev–Trinajstić information content (AvgIpc) is 2.51. The Morgan fingerprint density at radius 2 is 2.00 bits per heavy atom. The van der Waals surface area contributed by atoms with Gasteiger partial charge in [0.15, 0.2) is 0 Å². The topological polar surface area (TPSA) is 55.1 Å². The predicted molar refractivity (Wildman–Crippen MR) is 91.3 cm³/mol. The molecular weight excluding hydrogens is 344 g/mol. The summed E-state index contributed by atoms with van der Waals surface area (Å²) in [6.07, 6.45) is 3.45. The first-order valence-electron chi connectivity index (χ1n) is 6.85. The van der Waals surface area contributed by atoms with Crippen LogP contribution in [0.1, 0.15) is 11.1 Å². The smallest absolute Gasteiger partial charge is 0.254 e. The van der Waals surface area contributed by atoms with Crippen molar-refractivity contribution in [2.45, 2.75) is 13.8 Å². The highest BCUT2D eigenvalue weighted by Gasteiger charge is 2.18. The maximum atomic E-state index is 12.6. The third-order valence-corrected chi connectivity index (χ3v) is 4.62. The van der Waals surface area contributed by atoms with Gasteiger partial charge >= 0.3 is 0 Å². The van der Waals surface area contributed by atoms with E-state index < -0.39 is 0 Å². The van der Waals surface area contributed by atoms with Gasteiger partial charge in [0.05, 0.1) is 9.99 Å². The maximum absolute atomic E-state index is 12.6. The highest BCUT2D eigenvalue weighted by Crippen LogP contribution is 2.38.